The van der Waals surface area contributed by atoms with E-state index in [-0.39, 0.29) is 78.3 Å². The number of carbonyl (C=O) groups is 4. The molecule has 2 aromatic heterocycles. The first-order valence-corrected chi connectivity index (χ1v) is 20.3. The fourth-order valence-electron chi connectivity index (χ4n) is 8.86. The Balaban J connectivity index is 1.08. The first kappa shape index (κ1) is 46.3. The van der Waals surface area contributed by atoms with Crippen LogP contribution in [0.25, 0.3) is 0 Å². The molecule has 326 valence electrons. The van der Waals surface area contributed by atoms with E-state index in [1.165, 1.54) is 12.5 Å². The van der Waals surface area contributed by atoms with E-state index in [2.05, 4.69) is 62.8 Å². The van der Waals surface area contributed by atoms with Gasteiger partial charge in [0.2, 0.25) is 0 Å². The smallest absolute Gasteiger partial charge is 0.415 e. The summed E-state index contributed by atoms with van der Waals surface area (Å²) in [6.45, 7) is 19.5. The van der Waals surface area contributed by atoms with Crippen LogP contribution in [-0.2, 0) is 30.3 Å². The molecule has 0 radical (unpaired) electrons. The van der Waals surface area contributed by atoms with Crippen LogP contribution in [0.2, 0.25) is 0 Å². The molecule has 16 heteroatoms. The summed E-state index contributed by atoms with van der Waals surface area (Å²) >= 11 is 0. The Morgan fingerprint density at radius 2 is 1.19 bits per heavy atom. The summed E-state index contributed by atoms with van der Waals surface area (Å²) in [5.41, 5.74) is -0.704. The molecule has 4 N–H and O–H groups in total. The van der Waals surface area contributed by atoms with E-state index in [4.69, 9.17) is 37.3 Å². The molecule has 0 spiro atoms. The molecule has 2 fully saturated rings. The zero-order valence-electron chi connectivity index (χ0n) is 35.7. The predicted molar refractivity (Wildman–Crippen MR) is 213 cm³/mol. The van der Waals surface area contributed by atoms with Crippen LogP contribution < -0.4 is 26.0 Å². The van der Waals surface area contributed by atoms with Crippen LogP contribution in [0.5, 0.6) is 5.95 Å². The average molecular weight is 819 g/mol. The Morgan fingerprint density at radius 1 is 0.655 bits per heavy atom. The summed E-state index contributed by atoms with van der Waals surface area (Å²) < 4.78 is 43.6. The quantitative estimate of drug-likeness (QED) is 0.107. The normalized spacial score (nSPS) is 25.3. The molecule has 58 heavy (non-hydrogen) atoms. The first-order valence-electron chi connectivity index (χ1n) is 20.3. The molecule has 16 nitrogen and oxygen atoms in total. The van der Waals surface area contributed by atoms with Gasteiger partial charge in [0.05, 0.1) is 37.9 Å². The van der Waals surface area contributed by atoms with Gasteiger partial charge in [-0.25, -0.2) is 19.2 Å². The largest absolute Gasteiger partial charge is 0.466 e. The molecular formula is C42H66N4O12. The molecule has 7 atom stereocenters. The van der Waals surface area contributed by atoms with Crippen molar-refractivity contribution in [3.05, 3.63) is 42.6 Å². The molecule has 0 aliphatic heterocycles. The van der Waals surface area contributed by atoms with Gasteiger partial charge >= 0.3 is 24.4 Å². The fourth-order valence-corrected chi connectivity index (χ4v) is 8.86. The maximum absolute atomic E-state index is 12.8. The molecule has 2 aliphatic carbocycles. The topological polar surface area (TPSA) is 198 Å². The lowest BCUT2D eigenvalue weighted by molar-refractivity contribution is -0.0651. The Kier molecular flexibility index (Phi) is 16.3. The van der Waals surface area contributed by atoms with Gasteiger partial charge in [0, 0.05) is 31.2 Å². The molecule has 0 aromatic carbocycles. The highest BCUT2D eigenvalue weighted by atomic mass is 16.6. The van der Waals surface area contributed by atoms with Crippen molar-refractivity contribution in [3.8, 4) is 5.95 Å². The third-order valence-electron chi connectivity index (χ3n) is 10.5. The lowest BCUT2D eigenvalue weighted by Crippen LogP contribution is -2.51. The standard InChI is InChI=1S/C42H66N4O12/c1-28(54-22-30(3)57-36(48)44-27-42(9)19-32(17-40(6,7)25-42)46-38(50)58-34-13-11-15-52-34)20-53-29(2)21-55-37(49)45-31-16-39(4,5)24-41(8,18-31)26-43-35(47)56-23-33-12-10-14-51-33/h10-15,28-32H,16-27H2,1-9H3,(H,43,47)(H,44,48)(H,45,49)(H,46,50). The van der Waals surface area contributed by atoms with Crippen molar-refractivity contribution >= 4 is 24.4 Å². The molecule has 2 saturated carbocycles. The van der Waals surface area contributed by atoms with Crippen molar-refractivity contribution in [1.29, 1.82) is 0 Å². The van der Waals surface area contributed by atoms with Gasteiger partial charge in [0.1, 0.15) is 18.5 Å². The zero-order chi connectivity index (χ0) is 42.6. The van der Waals surface area contributed by atoms with E-state index in [1.807, 2.05) is 13.8 Å². The highest BCUT2D eigenvalue weighted by Crippen LogP contribution is 2.47. The minimum Gasteiger partial charge on any atom is -0.466 e. The van der Waals surface area contributed by atoms with Crippen LogP contribution in [-0.4, -0.2) is 87.7 Å². The number of ether oxygens (including phenoxy) is 6. The number of hydrogen-bond acceptors (Lipinski definition) is 12. The van der Waals surface area contributed by atoms with Gasteiger partial charge in [-0.3, -0.25) is 0 Å². The Labute approximate surface area is 342 Å². The van der Waals surface area contributed by atoms with Crippen molar-refractivity contribution in [2.45, 2.75) is 138 Å². The van der Waals surface area contributed by atoms with E-state index >= 15 is 0 Å². The van der Waals surface area contributed by atoms with Crippen molar-refractivity contribution in [1.82, 2.24) is 21.3 Å². The third-order valence-corrected chi connectivity index (χ3v) is 10.5. The second kappa shape index (κ2) is 20.5. The first-order chi connectivity index (χ1) is 27.2. The van der Waals surface area contributed by atoms with Crippen LogP contribution >= 0.6 is 0 Å². The summed E-state index contributed by atoms with van der Waals surface area (Å²) in [5.74, 6) is 0.690. The van der Waals surface area contributed by atoms with Crippen LogP contribution in [0.1, 0.15) is 107 Å². The number of hydrogen-bond donors (Lipinski definition) is 4. The number of alkyl carbamates (subject to hydrolysis) is 3. The van der Waals surface area contributed by atoms with Crippen molar-refractivity contribution < 1.29 is 56.4 Å². The highest BCUT2D eigenvalue weighted by molar-refractivity contribution is 5.70. The van der Waals surface area contributed by atoms with Gasteiger partial charge in [-0.2, -0.15) is 0 Å². The number of amides is 4. The van der Waals surface area contributed by atoms with Crippen LogP contribution in [0.4, 0.5) is 19.2 Å². The summed E-state index contributed by atoms with van der Waals surface area (Å²) in [7, 11) is 0. The van der Waals surface area contributed by atoms with Gasteiger partial charge in [-0.05, 0) is 99.2 Å². The van der Waals surface area contributed by atoms with Crippen molar-refractivity contribution in [2.24, 2.45) is 21.7 Å². The highest BCUT2D eigenvalue weighted by Gasteiger charge is 2.43. The lowest BCUT2D eigenvalue weighted by atomic mass is 9.62. The minimum absolute atomic E-state index is 0.0522. The van der Waals surface area contributed by atoms with E-state index in [0.717, 1.165) is 25.7 Å². The lowest BCUT2D eigenvalue weighted by Gasteiger charge is -2.46. The third kappa shape index (κ3) is 16.4. The predicted octanol–water partition coefficient (Wildman–Crippen LogP) is 7.71. The molecule has 0 saturated heterocycles. The molecule has 0 bridgehead atoms. The van der Waals surface area contributed by atoms with Crippen LogP contribution in [0.15, 0.2) is 45.6 Å². The van der Waals surface area contributed by atoms with Crippen molar-refractivity contribution in [2.75, 3.05) is 32.9 Å². The Bertz CT molecular complexity index is 1600. The number of carbonyl (C=O) groups excluding carboxylic acids is 4. The van der Waals surface area contributed by atoms with Gasteiger partial charge < -0.3 is 58.5 Å². The maximum Gasteiger partial charge on any atom is 0.415 e. The number of rotatable bonds is 18. The van der Waals surface area contributed by atoms with E-state index < -0.39 is 30.5 Å². The number of nitrogens with one attached hydrogen (secondary N) is 4. The van der Waals surface area contributed by atoms with Crippen LogP contribution in [0.3, 0.4) is 0 Å². The van der Waals surface area contributed by atoms with Gasteiger partial charge in [-0.1, -0.05) is 41.5 Å². The second-order valence-corrected chi connectivity index (χ2v) is 18.6. The second-order valence-electron chi connectivity index (χ2n) is 18.6. The Morgan fingerprint density at radius 3 is 1.76 bits per heavy atom. The van der Waals surface area contributed by atoms with Gasteiger partial charge in [0.25, 0.3) is 5.95 Å². The van der Waals surface area contributed by atoms with E-state index in [1.54, 1.807) is 31.2 Å². The number of furan rings is 2. The summed E-state index contributed by atoms with van der Waals surface area (Å²) in [4.78, 5) is 50.3. The summed E-state index contributed by atoms with van der Waals surface area (Å²) in [5, 5.41) is 11.7. The molecule has 2 heterocycles. The Hall–Kier alpha value is -4.44. The maximum atomic E-state index is 12.8. The SMILES string of the molecule is CC(COC(=O)NC1CC(C)(C)CC(C)(CNC(=O)OCc2ccco2)C1)OCC(C)OCC(C)OC(=O)NCC1(C)CC(NC(=O)Oc2ccco2)CC(C)(C)C1. The molecule has 4 rings (SSSR count). The minimum atomic E-state index is -0.579. The fraction of sp³-hybridized carbons (Fsp3) is 0.714. The monoisotopic (exact) mass is 818 g/mol. The van der Waals surface area contributed by atoms with Gasteiger partial charge in [0.15, 0.2) is 6.61 Å². The molecule has 2 aromatic rings. The molecular weight excluding hydrogens is 752 g/mol. The van der Waals surface area contributed by atoms with E-state index in [9.17, 15) is 19.2 Å². The average Bonchev–Trinajstić information content (AvgIpc) is 3.83. The summed E-state index contributed by atoms with van der Waals surface area (Å²) in [6.07, 6.45) is 4.15. The molecule has 7 unspecified atom stereocenters. The summed E-state index contributed by atoms with van der Waals surface area (Å²) in [6, 6.07) is 6.40. The van der Waals surface area contributed by atoms with Crippen LogP contribution in [0, 0.1) is 21.7 Å². The van der Waals surface area contributed by atoms with Crippen molar-refractivity contribution in [3.63, 3.8) is 0 Å². The van der Waals surface area contributed by atoms with Gasteiger partial charge in [-0.15, -0.1) is 0 Å². The zero-order valence-corrected chi connectivity index (χ0v) is 35.7. The van der Waals surface area contributed by atoms with E-state index in [0.29, 0.717) is 31.7 Å². The molecule has 4 amide bonds. The molecule has 2 aliphatic rings.